The van der Waals surface area contributed by atoms with Crippen LogP contribution in [-0.4, -0.2) is 23.9 Å². The Kier molecular flexibility index (Phi) is 9.01. The maximum Gasteiger partial charge on any atom is 0.357 e. The Morgan fingerprint density at radius 3 is 2.29 bits per heavy atom. The normalized spacial score (nSPS) is 19.9. The molecule has 1 saturated heterocycles. The molecule has 0 N–H and O–H groups in total. The van der Waals surface area contributed by atoms with Gasteiger partial charge in [-0.1, -0.05) is 56.4 Å². The number of allylic oxidation sites excluding steroid dienone is 1. The summed E-state index contributed by atoms with van der Waals surface area (Å²) in [5.74, 6) is -2.59. The van der Waals surface area contributed by atoms with E-state index in [1.54, 1.807) is 0 Å². The molecule has 132 valence electrons. The van der Waals surface area contributed by atoms with E-state index in [0.29, 0.717) is 0 Å². The summed E-state index contributed by atoms with van der Waals surface area (Å²) >= 11 is 5.12. The van der Waals surface area contributed by atoms with Crippen molar-refractivity contribution in [2.45, 2.75) is 51.9 Å². The minimum absolute atomic E-state index is 0.157. The Labute approximate surface area is 145 Å². The average Bonchev–Trinajstić information content (AvgIpc) is 2.99. The van der Waals surface area contributed by atoms with Gasteiger partial charge >= 0.3 is 23.9 Å². The van der Waals surface area contributed by atoms with Crippen LogP contribution in [0, 0.1) is 5.92 Å². The third-order valence-electron chi connectivity index (χ3n) is 3.38. The molecule has 2 rings (SSSR count). The van der Waals surface area contributed by atoms with Crippen molar-refractivity contribution in [3.05, 3.63) is 23.3 Å². The molecule has 0 spiro atoms. The molecule has 2 heterocycles. The van der Waals surface area contributed by atoms with Crippen LogP contribution in [0.5, 0.6) is 0 Å². The van der Waals surface area contributed by atoms with Crippen molar-refractivity contribution in [1.82, 2.24) is 0 Å². The Morgan fingerprint density at radius 2 is 1.83 bits per heavy atom. The molecule has 1 fully saturated rings. The topological polar surface area (TPSA) is 86.7 Å². The van der Waals surface area contributed by atoms with Crippen molar-refractivity contribution in [3.63, 3.8) is 0 Å². The number of hydrogen-bond donors (Lipinski definition) is 0. The summed E-state index contributed by atoms with van der Waals surface area (Å²) in [6, 6.07) is 0. The van der Waals surface area contributed by atoms with Crippen LogP contribution in [0.25, 0.3) is 0 Å². The summed E-state index contributed by atoms with van der Waals surface area (Å²) < 4.78 is 8.43. The highest BCUT2D eigenvalue weighted by molar-refractivity contribution is 6.44. The zero-order valence-corrected chi connectivity index (χ0v) is 14.3. The van der Waals surface area contributed by atoms with Crippen molar-refractivity contribution in [2.24, 2.45) is 5.92 Å². The summed E-state index contributed by atoms with van der Waals surface area (Å²) in [6.45, 7) is 2.20. The maximum absolute atomic E-state index is 11.1. The van der Waals surface area contributed by atoms with Crippen LogP contribution < -0.4 is 0 Å². The zero-order valence-electron chi connectivity index (χ0n) is 13.6. The molecule has 0 bridgehead atoms. The zero-order chi connectivity index (χ0) is 17.9. The minimum Gasteiger partial charge on any atom is -0.393 e. The van der Waals surface area contributed by atoms with E-state index in [9.17, 15) is 19.2 Å². The minimum atomic E-state index is -0.767. The average molecular weight is 357 g/mol. The number of hydrogen-bond acceptors (Lipinski definition) is 6. The van der Waals surface area contributed by atoms with Crippen LogP contribution in [0.15, 0.2) is 23.3 Å². The van der Waals surface area contributed by atoms with Gasteiger partial charge in [0.05, 0.1) is 12.3 Å². The molecule has 0 aromatic heterocycles. The highest BCUT2D eigenvalue weighted by Gasteiger charge is 2.30. The number of esters is 4. The Bertz CT molecular complexity index is 549. The first kappa shape index (κ1) is 20.1. The maximum atomic E-state index is 11.1. The molecule has 0 aromatic carbocycles. The molecule has 2 aliphatic heterocycles. The second kappa shape index (κ2) is 10.8. The quantitative estimate of drug-likeness (QED) is 0.301. The van der Waals surface area contributed by atoms with Crippen LogP contribution in [0.1, 0.15) is 51.9 Å². The van der Waals surface area contributed by atoms with Crippen molar-refractivity contribution in [2.75, 3.05) is 0 Å². The van der Waals surface area contributed by atoms with E-state index in [-0.39, 0.29) is 17.4 Å². The lowest BCUT2D eigenvalue weighted by Crippen LogP contribution is -2.03. The highest BCUT2D eigenvalue weighted by Crippen LogP contribution is 2.17. The van der Waals surface area contributed by atoms with Crippen molar-refractivity contribution in [1.29, 1.82) is 0 Å². The van der Waals surface area contributed by atoms with Crippen LogP contribution in [-0.2, 0) is 28.7 Å². The third-order valence-corrected chi connectivity index (χ3v) is 3.64. The van der Waals surface area contributed by atoms with E-state index >= 15 is 0 Å². The molecule has 0 aliphatic carbocycles. The number of halogens is 1. The van der Waals surface area contributed by atoms with Gasteiger partial charge in [-0.05, 0) is 12.8 Å². The summed E-state index contributed by atoms with van der Waals surface area (Å²) in [7, 11) is 0. The van der Waals surface area contributed by atoms with Gasteiger partial charge in [-0.2, -0.15) is 0 Å². The smallest absolute Gasteiger partial charge is 0.357 e. The fourth-order valence-electron chi connectivity index (χ4n) is 2.10. The van der Waals surface area contributed by atoms with Gasteiger partial charge in [0.15, 0.2) is 0 Å². The summed E-state index contributed by atoms with van der Waals surface area (Å²) in [4.78, 5) is 42.1. The van der Waals surface area contributed by atoms with Gasteiger partial charge in [-0.15, -0.1) is 0 Å². The number of cyclic esters (lactones) is 4. The van der Waals surface area contributed by atoms with Gasteiger partial charge in [0, 0.05) is 6.08 Å². The van der Waals surface area contributed by atoms with Gasteiger partial charge in [0.2, 0.25) is 0 Å². The standard InChI is InChI=1S/C13H20O3.C4HClO3/c1-2-3-4-5-6-7-8-9-11-10-12(14)16-13(11)15;5-2-1-3(6)8-4(2)7/h8-9,11H,2-7,10H2,1H3;1H. The number of rotatable bonds is 7. The number of ether oxygens (including phenoxy) is 2. The molecular weight excluding hydrogens is 336 g/mol. The molecule has 1 atom stereocenters. The molecule has 24 heavy (non-hydrogen) atoms. The third kappa shape index (κ3) is 7.55. The molecule has 7 heteroatoms. The van der Waals surface area contributed by atoms with E-state index in [2.05, 4.69) is 16.4 Å². The lowest BCUT2D eigenvalue weighted by Gasteiger charge is -1.97. The number of carbonyl (C=O) groups is 4. The Morgan fingerprint density at radius 1 is 1.12 bits per heavy atom. The van der Waals surface area contributed by atoms with Crippen LogP contribution >= 0.6 is 11.6 Å². The molecular formula is C17H21ClO6. The van der Waals surface area contributed by atoms with E-state index in [0.717, 1.165) is 18.9 Å². The predicted octanol–water partition coefficient (Wildman–Crippen LogP) is 3.19. The van der Waals surface area contributed by atoms with Gasteiger partial charge in [-0.25, -0.2) is 9.59 Å². The fraction of sp³-hybridized carbons (Fsp3) is 0.529. The first-order valence-corrected chi connectivity index (χ1v) is 8.36. The SMILES string of the molecule is CCCCCCCC=CC1CC(=O)OC1=O.O=C1C=C(Cl)C(=O)O1. The molecule has 2 aliphatic rings. The second-order valence-electron chi connectivity index (χ2n) is 5.44. The monoisotopic (exact) mass is 356 g/mol. The lowest BCUT2D eigenvalue weighted by molar-refractivity contribution is -0.153. The molecule has 6 nitrogen and oxygen atoms in total. The van der Waals surface area contributed by atoms with Gasteiger partial charge in [-0.3, -0.25) is 9.59 Å². The molecule has 1 unspecified atom stereocenters. The van der Waals surface area contributed by atoms with E-state index in [1.807, 2.05) is 12.2 Å². The van der Waals surface area contributed by atoms with E-state index in [4.69, 9.17) is 11.6 Å². The van der Waals surface area contributed by atoms with Crippen LogP contribution in [0.2, 0.25) is 0 Å². The summed E-state index contributed by atoms with van der Waals surface area (Å²) in [5.41, 5.74) is 0. The number of unbranched alkanes of at least 4 members (excludes halogenated alkanes) is 5. The lowest BCUT2D eigenvalue weighted by atomic mass is 10.1. The van der Waals surface area contributed by atoms with E-state index in [1.165, 1.54) is 25.7 Å². The largest absolute Gasteiger partial charge is 0.393 e. The van der Waals surface area contributed by atoms with Crippen LogP contribution in [0.4, 0.5) is 0 Å². The number of carbonyl (C=O) groups excluding carboxylic acids is 4. The molecule has 0 radical (unpaired) electrons. The second-order valence-corrected chi connectivity index (χ2v) is 5.84. The predicted molar refractivity (Wildman–Crippen MR) is 86.8 cm³/mol. The van der Waals surface area contributed by atoms with Crippen molar-refractivity contribution in [3.8, 4) is 0 Å². The van der Waals surface area contributed by atoms with Gasteiger partial charge < -0.3 is 9.47 Å². The first-order valence-electron chi connectivity index (χ1n) is 7.98. The van der Waals surface area contributed by atoms with Crippen molar-refractivity contribution >= 4 is 35.5 Å². The molecule has 0 saturated carbocycles. The van der Waals surface area contributed by atoms with E-state index < -0.39 is 23.9 Å². The Hall–Kier alpha value is -1.95. The van der Waals surface area contributed by atoms with Gasteiger partial charge in [0.25, 0.3) is 0 Å². The van der Waals surface area contributed by atoms with Crippen molar-refractivity contribution < 1.29 is 28.7 Å². The summed E-state index contributed by atoms with van der Waals surface area (Å²) in [6.07, 6.45) is 12.2. The highest BCUT2D eigenvalue weighted by atomic mass is 35.5. The van der Waals surface area contributed by atoms with Crippen LogP contribution in [0.3, 0.4) is 0 Å². The Balaban J connectivity index is 0.000000300. The fourth-order valence-corrected chi connectivity index (χ4v) is 2.22. The molecule has 0 amide bonds. The first-order chi connectivity index (χ1) is 11.4. The summed E-state index contributed by atoms with van der Waals surface area (Å²) in [5, 5.41) is -0.157. The molecule has 0 aromatic rings. The van der Waals surface area contributed by atoms with Gasteiger partial charge in [0.1, 0.15) is 5.03 Å².